The van der Waals surface area contributed by atoms with Crippen LogP contribution in [0.3, 0.4) is 0 Å². The van der Waals surface area contributed by atoms with Gasteiger partial charge in [0.05, 0.1) is 38.1 Å². The predicted molar refractivity (Wildman–Crippen MR) is 284 cm³/mol. The van der Waals surface area contributed by atoms with E-state index in [1.165, 1.54) is 12.1 Å². The zero-order chi connectivity index (χ0) is 55.8. The van der Waals surface area contributed by atoms with Crippen LogP contribution in [-0.2, 0) is 40.1 Å². The molecule has 0 radical (unpaired) electrons. The first-order valence-electron chi connectivity index (χ1n) is 25.7. The minimum atomic E-state index is -1.04. The first kappa shape index (κ1) is 63.2. The van der Waals surface area contributed by atoms with Crippen LogP contribution >= 0.6 is 0 Å². The molecule has 3 rings (SSSR count). The molecule has 26 nitrogen and oxygen atoms in total. The monoisotopic (exact) mass is 1070 g/mol. The van der Waals surface area contributed by atoms with Gasteiger partial charge in [-0.15, -0.1) is 0 Å². The highest BCUT2D eigenvalue weighted by molar-refractivity contribution is 5.92. The van der Waals surface area contributed by atoms with Gasteiger partial charge in [-0.25, -0.2) is 4.79 Å². The van der Waals surface area contributed by atoms with Crippen molar-refractivity contribution in [3.8, 4) is 5.75 Å². The highest BCUT2D eigenvalue weighted by Gasteiger charge is 2.25. The number of carboxylic acids is 3. The number of benzene rings is 2. The van der Waals surface area contributed by atoms with Gasteiger partial charge in [-0.3, -0.25) is 53.2 Å². The number of aromatic hydroxyl groups is 1. The number of rotatable bonds is 30. The Labute approximate surface area is 443 Å². The first-order valence-corrected chi connectivity index (χ1v) is 25.7. The first-order chi connectivity index (χ1) is 36.3. The number of amides is 6. The second-order valence-corrected chi connectivity index (χ2v) is 18.5. The Kier molecular flexibility index (Phi) is 29.2. The highest BCUT2D eigenvalue weighted by Crippen LogP contribution is 2.19. The maximum atomic E-state index is 13.5. The van der Waals surface area contributed by atoms with Gasteiger partial charge in [0.1, 0.15) is 11.8 Å². The van der Waals surface area contributed by atoms with Crippen LogP contribution in [-0.4, -0.2) is 217 Å². The van der Waals surface area contributed by atoms with E-state index in [4.69, 9.17) is 11.5 Å². The largest absolute Gasteiger partial charge is 0.508 e. The number of phenolic OH excluding ortho intramolecular Hbond substituents is 1. The van der Waals surface area contributed by atoms with Gasteiger partial charge in [-0.05, 0) is 87.8 Å². The van der Waals surface area contributed by atoms with Crippen LogP contribution in [0.4, 0.5) is 10.5 Å². The smallest absolute Gasteiger partial charge is 0.344 e. The molecule has 1 saturated heterocycles. The van der Waals surface area contributed by atoms with Crippen molar-refractivity contribution < 1.29 is 58.8 Å². The SMILES string of the molecule is CCNC(=O)/N=C(/N)NCCC[C@@H](NC(=O)C(C)c1ccc(NCCCNC(=O)[C@H](N)CCCCNC(=O)CN2CCN(CC(=O)O)CCN(CC(=O)O)CCN(CC(=O)O)CC2)cc1)C(=O)NCc1ccc(O)cc1. The van der Waals surface area contributed by atoms with Gasteiger partial charge in [-0.2, -0.15) is 4.99 Å². The lowest BCUT2D eigenvalue weighted by Gasteiger charge is -2.32. The quantitative estimate of drug-likeness (QED) is 0.0246. The lowest BCUT2D eigenvalue weighted by molar-refractivity contribution is -0.140. The summed E-state index contributed by atoms with van der Waals surface area (Å²) < 4.78 is 0. The summed E-state index contributed by atoms with van der Waals surface area (Å²) in [6.07, 6.45) is 2.81. The van der Waals surface area contributed by atoms with Crippen LogP contribution in [0.25, 0.3) is 0 Å². The van der Waals surface area contributed by atoms with Gasteiger partial charge in [-0.1, -0.05) is 24.3 Å². The molecular weight excluding hydrogens is 989 g/mol. The normalized spacial score (nSPS) is 15.6. The summed E-state index contributed by atoms with van der Waals surface area (Å²) in [5.74, 6) is -4.99. The third-order valence-corrected chi connectivity index (χ3v) is 12.3. The fraction of sp³-hybridized carbons (Fsp3) is 0.580. The maximum Gasteiger partial charge on any atom is 0.344 e. The number of nitrogens with one attached hydrogen (secondary N) is 7. The average molecular weight is 1070 g/mol. The second kappa shape index (κ2) is 35.2. The third-order valence-electron chi connectivity index (χ3n) is 12.3. The van der Waals surface area contributed by atoms with Crippen molar-refractivity contribution in [3.05, 3.63) is 59.7 Å². The van der Waals surface area contributed by atoms with Crippen LogP contribution in [0.5, 0.6) is 5.75 Å². The van der Waals surface area contributed by atoms with Gasteiger partial charge >= 0.3 is 23.9 Å². The van der Waals surface area contributed by atoms with Gasteiger partial charge in [0.15, 0.2) is 5.96 Å². The van der Waals surface area contributed by atoms with Gasteiger partial charge in [0, 0.05) is 97.3 Å². The molecule has 15 N–H and O–H groups in total. The van der Waals surface area contributed by atoms with Crippen LogP contribution in [0.15, 0.2) is 53.5 Å². The summed E-state index contributed by atoms with van der Waals surface area (Å²) in [7, 11) is 0. The number of aliphatic imine (C=N–C) groups is 1. The Bertz CT molecular complexity index is 2150. The molecule has 1 aliphatic rings. The number of anilines is 1. The van der Waals surface area contributed by atoms with E-state index in [0.29, 0.717) is 84.5 Å². The van der Waals surface area contributed by atoms with Crippen molar-refractivity contribution in [2.45, 2.75) is 76.9 Å². The molecular formula is C50H80N14O12. The molecule has 0 aliphatic carbocycles. The molecule has 6 amide bonds. The maximum absolute atomic E-state index is 13.5. The fourth-order valence-electron chi connectivity index (χ4n) is 7.95. The van der Waals surface area contributed by atoms with Crippen molar-refractivity contribution in [3.63, 3.8) is 0 Å². The number of aliphatic carboxylic acids is 3. The summed E-state index contributed by atoms with van der Waals surface area (Å²) in [6, 6.07) is 11.5. The van der Waals surface area contributed by atoms with Crippen LogP contribution in [0.1, 0.15) is 69.4 Å². The topological polar surface area (TPSA) is 379 Å². The average Bonchev–Trinajstić information content (AvgIpc) is 3.36. The van der Waals surface area contributed by atoms with Gasteiger partial charge < -0.3 is 69.1 Å². The third kappa shape index (κ3) is 26.9. The molecule has 1 fully saturated rings. The number of carbonyl (C=O) groups is 8. The number of hydrogen-bond donors (Lipinski definition) is 13. The van der Waals surface area contributed by atoms with E-state index in [9.17, 15) is 58.8 Å². The molecule has 76 heavy (non-hydrogen) atoms. The fourth-order valence-corrected chi connectivity index (χ4v) is 7.95. The van der Waals surface area contributed by atoms with E-state index in [1.807, 2.05) is 29.2 Å². The number of nitrogens with zero attached hydrogens (tertiary/aromatic N) is 5. The lowest BCUT2D eigenvalue weighted by Crippen LogP contribution is -2.49. The van der Waals surface area contributed by atoms with Crippen molar-refractivity contribution in [1.29, 1.82) is 0 Å². The minimum absolute atomic E-state index is 0.000633. The van der Waals surface area contributed by atoms with Crippen LogP contribution < -0.4 is 48.7 Å². The number of hydrogen-bond acceptors (Lipinski definition) is 15. The van der Waals surface area contributed by atoms with E-state index in [2.05, 4.69) is 42.2 Å². The summed E-state index contributed by atoms with van der Waals surface area (Å²) in [5.41, 5.74) is 14.2. The Morgan fingerprint density at radius 2 is 1.12 bits per heavy atom. The number of carbonyl (C=O) groups excluding carboxylic acids is 5. The molecule has 0 aromatic heterocycles. The Morgan fingerprint density at radius 1 is 0.592 bits per heavy atom. The zero-order valence-corrected chi connectivity index (χ0v) is 43.8. The van der Waals surface area contributed by atoms with E-state index < -0.39 is 47.8 Å². The molecule has 3 atom stereocenters. The van der Waals surface area contributed by atoms with E-state index >= 15 is 0 Å². The molecule has 0 spiro atoms. The van der Waals surface area contributed by atoms with Crippen molar-refractivity contribution >= 4 is 59.2 Å². The van der Waals surface area contributed by atoms with Crippen LogP contribution in [0.2, 0.25) is 0 Å². The lowest BCUT2D eigenvalue weighted by atomic mass is 9.99. The molecule has 1 heterocycles. The van der Waals surface area contributed by atoms with Crippen LogP contribution in [0, 0.1) is 0 Å². The number of unbranched alkanes of at least 4 members (excludes halogenated alkanes) is 1. The molecule has 2 aromatic carbocycles. The number of urea groups is 1. The number of carboxylic acid groups (broad SMARTS) is 3. The zero-order valence-electron chi connectivity index (χ0n) is 43.8. The Morgan fingerprint density at radius 3 is 1.66 bits per heavy atom. The van der Waals surface area contributed by atoms with E-state index in [1.54, 1.807) is 40.7 Å². The molecule has 26 heteroatoms. The molecule has 0 saturated carbocycles. The molecule has 1 aliphatic heterocycles. The Hall–Kier alpha value is -7.13. The summed E-state index contributed by atoms with van der Waals surface area (Å²) in [5, 5.41) is 58.0. The summed E-state index contributed by atoms with van der Waals surface area (Å²) >= 11 is 0. The van der Waals surface area contributed by atoms with E-state index in [0.717, 1.165) is 16.8 Å². The Balaban J connectivity index is 1.38. The van der Waals surface area contributed by atoms with Crippen molar-refractivity contribution in [1.82, 2.24) is 51.5 Å². The predicted octanol–water partition coefficient (Wildman–Crippen LogP) is -1.28. The number of phenols is 1. The second-order valence-electron chi connectivity index (χ2n) is 18.5. The molecule has 2 aromatic rings. The minimum Gasteiger partial charge on any atom is -0.508 e. The molecule has 1 unspecified atom stereocenters. The standard InChI is InChI=1S/C50H80N14O12/c1-3-53-50(76)60-49(52)57-19-6-9-41(48(75)58-30-36-10-16-39(65)17-11-36)59-46(73)35(2)37-12-14-38(15-13-37)54-20-7-21-56-47(74)40(51)8-4-5-18-55-42(66)31-61-22-24-62(32-43(67)68)26-28-64(34-45(71)72)29-27-63(25-23-61)33-44(69)70/h10-17,35,40-41,54,65H,3-9,18-34,51H2,1-2H3,(H,55,66)(H,56,74)(H,58,75)(H,59,73)(H,67,68)(H,69,70)(H,71,72)(H4,52,53,57,60,76)/t35?,40-,41-/m1/s1. The highest BCUT2D eigenvalue weighted by atomic mass is 16.4. The number of nitrogens with two attached hydrogens (primary N) is 2. The van der Waals surface area contributed by atoms with Gasteiger partial charge in [0.25, 0.3) is 0 Å². The molecule has 0 bridgehead atoms. The van der Waals surface area contributed by atoms with E-state index in [-0.39, 0.29) is 101 Å². The van der Waals surface area contributed by atoms with Crippen molar-refractivity contribution in [2.75, 3.05) is 117 Å². The van der Waals surface area contributed by atoms with Crippen molar-refractivity contribution in [2.24, 2.45) is 16.5 Å². The van der Waals surface area contributed by atoms with Gasteiger partial charge in [0.2, 0.25) is 23.6 Å². The summed E-state index contributed by atoms with van der Waals surface area (Å²) in [4.78, 5) is 109. The molecule has 422 valence electrons. The summed E-state index contributed by atoms with van der Waals surface area (Å²) in [6.45, 7) is 7.18. The number of guanidine groups is 1.